The number of ether oxygens (including phenoxy) is 2. The van der Waals surface area contributed by atoms with Crippen molar-refractivity contribution in [2.45, 2.75) is 6.10 Å². The second-order valence-corrected chi connectivity index (χ2v) is 3.63. The average Bonchev–Trinajstić information content (AvgIpc) is 2.87. The van der Waals surface area contributed by atoms with E-state index in [0.717, 1.165) is 6.61 Å². The van der Waals surface area contributed by atoms with Gasteiger partial charge >= 0.3 is 0 Å². The van der Waals surface area contributed by atoms with E-state index in [-0.39, 0.29) is 6.10 Å². The highest BCUT2D eigenvalue weighted by atomic mass is 35.5. The lowest BCUT2D eigenvalue weighted by atomic mass is 10.3. The van der Waals surface area contributed by atoms with Gasteiger partial charge in [0.1, 0.15) is 12.7 Å². The Labute approximate surface area is 86.4 Å². The molecule has 0 saturated carbocycles. The third-order valence-electron chi connectivity index (χ3n) is 1.73. The second-order valence-electron chi connectivity index (χ2n) is 2.82. The molecule has 4 heteroatoms. The summed E-state index contributed by atoms with van der Waals surface area (Å²) in [5.74, 6) is 0.543. The van der Waals surface area contributed by atoms with Gasteiger partial charge in [-0.1, -0.05) is 29.3 Å². The second kappa shape index (κ2) is 3.74. The van der Waals surface area contributed by atoms with Crippen LogP contribution in [0.2, 0.25) is 10.0 Å². The topological polar surface area (TPSA) is 21.8 Å². The summed E-state index contributed by atoms with van der Waals surface area (Å²) in [6, 6.07) is 5.28. The van der Waals surface area contributed by atoms with E-state index in [2.05, 4.69) is 0 Å². The Kier molecular flexibility index (Phi) is 2.63. The molecule has 1 heterocycles. The van der Waals surface area contributed by atoms with E-state index >= 15 is 0 Å². The minimum absolute atomic E-state index is 0.215. The molecule has 1 aliphatic rings. The Morgan fingerprint density at radius 3 is 2.54 bits per heavy atom. The Balaban J connectivity index is 2.07. The van der Waals surface area contributed by atoms with Crippen molar-refractivity contribution in [3.8, 4) is 5.75 Å². The van der Waals surface area contributed by atoms with Gasteiger partial charge in [0.05, 0.1) is 16.7 Å². The first-order chi connectivity index (χ1) is 6.27. The Morgan fingerprint density at radius 2 is 2.00 bits per heavy atom. The molecule has 70 valence electrons. The van der Waals surface area contributed by atoms with Crippen LogP contribution in [0.3, 0.4) is 0 Å². The SMILES string of the molecule is Clc1cccc(Cl)c1OCC1CO1. The van der Waals surface area contributed by atoms with Gasteiger partial charge in [-0.15, -0.1) is 0 Å². The predicted octanol–water partition coefficient (Wildman–Crippen LogP) is 2.77. The summed E-state index contributed by atoms with van der Waals surface area (Å²) >= 11 is 11.8. The highest BCUT2D eigenvalue weighted by molar-refractivity contribution is 6.37. The van der Waals surface area contributed by atoms with Crippen molar-refractivity contribution >= 4 is 23.2 Å². The van der Waals surface area contributed by atoms with Crippen molar-refractivity contribution in [3.63, 3.8) is 0 Å². The lowest BCUT2D eigenvalue weighted by Gasteiger charge is -2.07. The number of hydrogen-bond acceptors (Lipinski definition) is 2. The minimum atomic E-state index is 0.215. The van der Waals surface area contributed by atoms with Crippen LogP contribution in [0.4, 0.5) is 0 Å². The molecule has 1 saturated heterocycles. The molecule has 0 amide bonds. The molecule has 0 aromatic heterocycles. The third-order valence-corrected chi connectivity index (χ3v) is 2.33. The fourth-order valence-electron chi connectivity index (χ4n) is 0.961. The van der Waals surface area contributed by atoms with E-state index in [4.69, 9.17) is 32.7 Å². The fourth-order valence-corrected chi connectivity index (χ4v) is 1.47. The van der Waals surface area contributed by atoms with E-state index < -0.39 is 0 Å². The van der Waals surface area contributed by atoms with E-state index in [1.54, 1.807) is 18.2 Å². The standard InChI is InChI=1S/C9H8Cl2O2/c10-7-2-1-3-8(11)9(7)13-5-6-4-12-6/h1-3,6H,4-5H2. The van der Waals surface area contributed by atoms with Crippen molar-refractivity contribution in [2.75, 3.05) is 13.2 Å². The molecule has 1 aromatic rings. The quantitative estimate of drug-likeness (QED) is 0.729. The minimum Gasteiger partial charge on any atom is -0.488 e. The summed E-state index contributed by atoms with van der Waals surface area (Å²) in [4.78, 5) is 0. The van der Waals surface area contributed by atoms with Gasteiger partial charge in [0.2, 0.25) is 0 Å². The molecule has 13 heavy (non-hydrogen) atoms. The van der Waals surface area contributed by atoms with Gasteiger partial charge in [-0.3, -0.25) is 0 Å². The molecule has 1 fully saturated rings. The number of para-hydroxylation sites is 1. The van der Waals surface area contributed by atoms with Crippen LogP contribution in [0.25, 0.3) is 0 Å². The number of hydrogen-bond donors (Lipinski definition) is 0. The molecule has 0 aliphatic carbocycles. The van der Waals surface area contributed by atoms with E-state index in [1.807, 2.05) is 0 Å². The zero-order valence-electron chi connectivity index (χ0n) is 6.80. The third kappa shape index (κ3) is 2.27. The van der Waals surface area contributed by atoms with Crippen LogP contribution >= 0.6 is 23.2 Å². The first-order valence-electron chi connectivity index (χ1n) is 3.96. The first kappa shape index (κ1) is 9.13. The predicted molar refractivity (Wildman–Crippen MR) is 51.7 cm³/mol. The van der Waals surface area contributed by atoms with Gasteiger partial charge in [0.15, 0.2) is 5.75 Å². The van der Waals surface area contributed by atoms with Gasteiger partial charge in [-0.2, -0.15) is 0 Å². The van der Waals surface area contributed by atoms with Crippen molar-refractivity contribution in [3.05, 3.63) is 28.2 Å². The summed E-state index contributed by atoms with van der Waals surface area (Å²) in [7, 11) is 0. The Morgan fingerprint density at radius 1 is 1.38 bits per heavy atom. The number of epoxide rings is 1. The van der Waals surface area contributed by atoms with Crippen LogP contribution in [0, 0.1) is 0 Å². The van der Waals surface area contributed by atoms with Crippen LogP contribution in [-0.4, -0.2) is 19.3 Å². The molecule has 0 N–H and O–H groups in total. The molecular formula is C9H8Cl2O2. The molecule has 1 atom stereocenters. The smallest absolute Gasteiger partial charge is 0.156 e. The highest BCUT2D eigenvalue weighted by Crippen LogP contribution is 2.32. The lowest BCUT2D eigenvalue weighted by molar-refractivity contribution is 0.263. The van der Waals surface area contributed by atoms with Crippen LogP contribution in [-0.2, 0) is 4.74 Å². The van der Waals surface area contributed by atoms with E-state index in [9.17, 15) is 0 Å². The first-order valence-corrected chi connectivity index (χ1v) is 4.71. The molecule has 1 aliphatic heterocycles. The Bertz CT molecular complexity index is 290. The van der Waals surface area contributed by atoms with Crippen LogP contribution in [0.1, 0.15) is 0 Å². The molecule has 0 radical (unpaired) electrons. The molecular weight excluding hydrogens is 211 g/mol. The molecule has 1 aromatic carbocycles. The highest BCUT2D eigenvalue weighted by Gasteiger charge is 2.23. The van der Waals surface area contributed by atoms with Gasteiger partial charge in [0, 0.05) is 0 Å². The largest absolute Gasteiger partial charge is 0.488 e. The number of rotatable bonds is 3. The van der Waals surface area contributed by atoms with Crippen LogP contribution < -0.4 is 4.74 Å². The maximum Gasteiger partial charge on any atom is 0.156 e. The van der Waals surface area contributed by atoms with Crippen LogP contribution in [0.5, 0.6) is 5.75 Å². The summed E-state index contributed by atoms with van der Waals surface area (Å²) in [6.07, 6.45) is 0.215. The van der Waals surface area contributed by atoms with Gasteiger partial charge in [-0.25, -0.2) is 0 Å². The molecule has 2 nitrogen and oxygen atoms in total. The van der Waals surface area contributed by atoms with Crippen molar-refractivity contribution in [1.29, 1.82) is 0 Å². The van der Waals surface area contributed by atoms with Crippen molar-refractivity contribution in [1.82, 2.24) is 0 Å². The molecule has 1 unspecified atom stereocenters. The molecule has 0 spiro atoms. The van der Waals surface area contributed by atoms with Gasteiger partial charge < -0.3 is 9.47 Å². The molecule has 2 rings (SSSR count). The maximum absolute atomic E-state index is 5.88. The lowest BCUT2D eigenvalue weighted by Crippen LogP contribution is -2.04. The zero-order valence-corrected chi connectivity index (χ0v) is 8.31. The summed E-state index contributed by atoms with van der Waals surface area (Å²) in [5, 5.41) is 1.07. The van der Waals surface area contributed by atoms with Crippen LogP contribution in [0.15, 0.2) is 18.2 Å². The normalized spacial score (nSPS) is 20.0. The summed E-state index contributed by atoms with van der Waals surface area (Å²) in [6.45, 7) is 1.28. The van der Waals surface area contributed by atoms with Crippen molar-refractivity contribution < 1.29 is 9.47 Å². The van der Waals surface area contributed by atoms with E-state index in [1.165, 1.54) is 0 Å². The Hall–Kier alpha value is -0.440. The number of benzene rings is 1. The van der Waals surface area contributed by atoms with Crippen molar-refractivity contribution in [2.24, 2.45) is 0 Å². The monoisotopic (exact) mass is 218 g/mol. The fraction of sp³-hybridized carbons (Fsp3) is 0.333. The van der Waals surface area contributed by atoms with Gasteiger partial charge in [-0.05, 0) is 12.1 Å². The summed E-state index contributed by atoms with van der Waals surface area (Å²) < 4.78 is 10.4. The molecule has 0 bridgehead atoms. The van der Waals surface area contributed by atoms with Gasteiger partial charge in [0.25, 0.3) is 0 Å². The summed E-state index contributed by atoms with van der Waals surface area (Å²) in [5.41, 5.74) is 0. The number of halogens is 2. The zero-order chi connectivity index (χ0) is 9.26. The average molecular weight is 219 g/mol. The maximum atomic E-state index is 5.88. The van der Waals surface area contributed by atoms with E-state index in [0.29, 0.717) is 22.4 Å².